The van der Waals surface area contributed by atoms with Crippen LogP contribution in [0.4, 0.5) is 0 Å². The third-order valence-electron chi connectivity index (χ3n) is 3.57. The highest BCUT2D eigenvalue weighted by atomic mass is 16.4. The van der Waals surface area contributed by atoms with Crippen LogP contribution in [0.1, 0.15) is 16.1 Å². The first-order valence-corrected chi connectivity index (χ1v) is 7.16. The number of hydrogen-bond donors (Lipinski definition) is 3. The fourth-order valence-electron chi connectivity index (χ4n) is 2.41. The monoisotopic (exact) mass is 309 g/mol. The molecule has 0 saturated carbocycles. The van der Waals surface area contributed by atoms with Gasteiger partial charge in [0.15, 0.2) is 5.69 Å². The summed E-state index contributed by atoms with van der Waals surface area (Å²) in [4.78, 5) is 23.8. The molecule has 3 N–H and O–H groups in total. The third kappa shape index (κ3) is 3.21. The number of fused-ring (bicyclic) bond motifs is 1. The Labute approximate surface area is 132 Å². The molecule has 1 aromatic heterocycles. The predicted octanol–water partition coefficient (Wildman–Crippen LogP) is 1.99. The Morgan fingerprint density at radius 3 is 2.52 bits per heavy atom. The van der Waals surface area contributed by atoms with E-state index in [4.69, 9.17) is 0 Å². The minimum absolute atomic E-state index is 0.194. The van der Waals surface area contributed by atoms with Crippen LogP contribution in [0.2, 0.25) is 0 Å². The molecule has 0 aliphatic carbocycles. The van der Waals surface area contributed by atoms with Gasteiger partial charge in [-0.1, -0.05) is 48.5 Å². The van der Waals surface area contributed by atoms with E-state index >= 15 is 0 Å². The van der Waals surface area contributed by atoms with Gasteiger partial charge in [0.2, 0.25) is 0 Å². The lowest BCUT2D eigenvalue weighted by Gasteiger charge is -2.14. The van der Waals surface area contributed by atoms with E-state index in [0.717, 1.165) is 11.1 Å². The van der Waals surface area contributed by atoms with E-state index in [1.54, 1.807) is 18.2 Å². The number of nitrogens with one attached hydrogen (secondary N) is 2. The van der Waals surface area contributed by atoms with Crippen LogP contribution >= 0.6 is 0 Å². The number of carboxylic acids is 1. The van der Waals surface area contributed by atoms with Gasteiger partial charge in [-0.25, -0.2) is 4.79 Å². The predicted molar refractivity (Wildman–Crippen MR) is 85.1 cm³/mol. The summed E-state index contributed by atoms with van der Waals surface area (Å²) in [5, 5.41) is 19.3. The third-order valence-corrected chi connectivity index (χ3v) is 3.57. The van der Waals surface area contributed by atoms with Gasteiger partial charge in [0, 0.05) is 11.8 Å². The van der Waals surface area contributed by atoms with Crippen LogP contribution < -0.4 is 5.32 Å². The van der Waals surface area contributed by atoms with Gasteiger partial charge in [0.1, 0.15) is 6.04 Å². The first-order valence-electron chi connectivity index (χ1n) is 7.16. The second kappa shape index (κ2) is 6.31. The van der Waals surface area contributed by atoms with E-state index in [-0.39, 0.29) is 12.1 Å². The summed E-state index contributed by atoms with van der Waals surface area (Å²) in [6.07, 6.45) is 0.213. The molecule has 0 aliphatic heterocycles. The maximum absolute atomic E-state index is 12.4. The number of rotatable bonds is 5. The van der Waals surface area contributed by atoms with Gasteiger partial charge in [0.05, 0.1) is 5.52 Å². The number of amides is 1. The Morgan fingerprint density at radius 2 is 1.78 bits per heavy atom. The van der Waals surface area contributed by atoms with E-state index in [2.05, 4.69) is 15.5 Å². The average molecular weight is 309 g/mol. The van der Waals surface area contributed by atoms with Crippen molar-refractivity contribution in [2.24, 2.45) is 0 Å². The summed E-state index contributed by atoms with van der Waals surface area (Å²) in [6.45, 7) is 0. The van der Waals surface area contributed by atoms with Gasteiger partial charge in [-0.2, -0.15) is 5.10 Å². The lowest BCUT2D eigenvalue weighted by atomic mass is 10.1. The summed E-state index contributed by atoms with van der Waals surface area (Å²) in [6, 6.07) is 15.4. The van der Waals surface area contributed by atoms with Crippen LogP contribution in [0.15, 0.2) is 54.6 Å². The normalized spacial score (nSPS) is 12.0. The standard InChI is InChI=1S/C17H15N3O3/c21-16(15-12-8-4-5-9-13(12)19-20-15)18-14(17(22)23)10-11-6-2-1-3-7-11/h1-9,14H,10H2,(H,18,21)(H,19,20)(H,22,23)/t14-/m1/s1. The van der Waals surface area contributed by atoms with Crippen molar-refractivity contribution in [2.45, 2.75) is 12.5 Å². The van der Waals surface area contributed by atoms with Crippen molar-refractivity contribution in [3.63, 3.8) is 0 Å². The van der Waals surface area contributed by atoms with Crippen LogP contribution in [0.3, 0.4) is 0 Å². The number of H-pyrrole nitrogens is 1. The van der Waals surface area contributed by atoms with E-state index < -0.39 is 17.9 Å². The quantitative estimate of drug-likeness (QED) is 0.671. The minimum Gasteiger partial charge on any atom is -0.480 e. The molecule has 1 heterocycles. The molecule has 1 atom stereocenters. The Hall–Kier alpha value is -3.15. The number of carbonyl (C=O) groups is 2. The summed E-state index contributed by atoms with van der Waals surface area (Å²) >= 11 is 0. The van der Waals surface area contributed by atoms with Crippen molar-refractivity contribution in [3.8, 4) is 0 Å². The zero-order valence-electron chi connectivity index (χ0n) is 12.2. The molecule has 6 nitrogen and oxygen atoms in total. The highest BCUT2D eigenvalue weighted by Crippen LogP contribution is 2.15. The molecule has 23 heavy (non-hydrogen) atoms. The smallest absolute Gasteiger partial charge is 0.326 e. The van der Waals surface area contributed by atoms with Crippen molar-refractivity contribution in [1.29, 1.82) is 0 Å². The highest BCUT2D eigenvalue weighted by molar-refractivity contribution is 6.05. The molecule has 0 spiro atoms. The lowest BCUT2D eigenvalue weighted by molar-refractivity contribution is -0.139. The van der Waals surface area contributed by atoms with Crippen LogP contribution in [0.25, 0.3) is 10.9 Å². The van der Waals surface area contributed by atoms with Crippen LogP contribution in [0.5, 0.6) is 0 Å². The van der Waals surface area contributed by atoms with Crippen LogP contribution in [-0.4, -0.2) is 33.2 Å². The molecule has 3 rings (SSSR count). The minimum atomic E-state index is -1.08. The molecular formula is C17H15N3O3. The van der Waals surface area contributed by atoms with Crippen LogP contribution in [-0.2, 0) is 11.2 Å². The zero-order valence-corrected chi connectivity index (χ0v) is 12.2. The number of para-hydroxylation sites is 1. The Bertz CT molecular complexity index is 842. The molecule has 0 unspecified atom stereocenters. The van der Waals surface area contributed by atoms with E-state index in [0.29, 0.717) is 5.39 Å². The number of carboxylic acid groups (broad SMARTS) is 1. The molecule has 116 valence electrons. The fraction of sp³-hybridized carbons (Fsp3) is 0.118. The van der Waals surface area contributed by atoms with Gasteiger partial charge in [-0.15, -0.1) is 0 Å². The van der Waals surface area contributed by atoms with Gasteiger partial charge in [-0.05, 0) is 11.6 Å². The lowest BCUT2D eigenvalue weighted by Crippen LogP contribution is -2.42. The van der Waals surface area contributed by atoms with Gasteiger partial charge in [0.25, 0.3) is 5.91 Å². The van der Waals surface area contributed by atoms with Gasteiger partial charge in [-0.3, -0.25) is 9.89 Å². The van der Waals surface area contributed by atoms with E-state index in [1.807, 2.05) is 36.4 Å². The number of benzene rings is 2. The van der Waals surface area contributed by atoms with E-state index in [9.17, 15) is 14.7 Å². The Balaban J connectivity index is 1.80. The zero-order chi connectivity index (χ0) is 16.2. The number of aromatic amines is 1. The van der Waals surface area contributed by atoms with Crippen molar-refractivity contribution < 1.29 is 14.7 Å². The number of aromatic nitrogens is 2. The number of carbonyl (C=O) groups excluding carboxylic acids is 1. The molecule has 6 heteroatoms. The number of nitrogens with zero attached hydrogens (tertiary/aromatic N) is 1. The molecule has 0 radical (unpaired) electrons. The number of aliphatic carboxylic acids is 1. The summed E-state index contributed by atoms with van der Waals surface area (Å²) < 4.78 is 0. The molecule has 0 bridgehead atoms. The van der Waals surface area contributed by atoms with Crippen LogP contribution in [0, 0.1) is 0 Å². The van der Waals surface area contributed by atoms with E-state index in [1.165, 1.54) is 0 Å². The molecule has 3 aromatic rings. The molecule has 0 fully saturated rings. The second-order valence-electron chi connectivity index (χ2n) is 5.17. The van der Waals surface area contributed by atoms with Crippen molar-refractivity contribution in [2.75, 3.05) is 0 Å². The van der Waals surface area contributed by atoms with Crippen molar-refractivity contribution >= 4 is 22.8 Å². The Morgan fingerprint density at radius 1 is 1.09 bits per heavy atom. The van der Waals surface area contributed by atoms with Crippen molar-refractivity contribution in [1.82, 2.24) is 15.5 Å². The summed E-state index contributed by atoms with van der Waals surface area (Å²) in [5.41, 5.74) is 1.76. The highest BCUT2D eigenvalue weighted by Gasteiger charge is 2.23. The SMILES string of the molecule is O=C(N[C@H](Cc1ccccc1)C(=O)O)c1n[nH]c2ccccc12. The average Bonchev–Trinajstić information content (AvgIpc) is 2.99. The second-order valence-corrected chi connectivity index (χ2v) is 5.17. The fourth-order valence-corrected chi connectivity index (χ4v) is 2.41. The molecule has 2 aromatic carbocycles. The first-order chi connectivity index (χ1) is 11.1. The Kier molecular flexibility index (Phi) is 4.05. The molecule has 0 aliphatic rings. The summed E-state index contributed by atoms with van der Waals surface area (Å²) in [7, 11) is 0. The topological polar surface area (TPSA) is 95.1 Å². The number of hydrogen-bond acceptors (Lipinski definition) is 3. The molecule has 1 amide bonds. The first kappa shape index (κ1) is 14.8. The van der Waals surface area contributed by atoms with Gasteiger partial charge < -0.3 is 10.4 Å². The molecular weight excluding hydrogens is 294 g/mol. The maximum Gasteiger partial charge on any atom is 0.326 e. The summed E-state index contributed by atoms with van der Waals surface area (Å²) in [5.74, 6) is -1.59. The maximum atomic E-state index is 12.4. The molecule has 0 saturated heterocycles. The largest absolute Gasteiger partial charge is 0.480 e. The van der Waals surface area contributed by atoms with Gasteiger partial charge >= 0.3 is 5.97 Å². The van der Waals surface area contributed by atoms with Crippen molar-refractivity contribution in [3.05, 3.63) is 65.9 Å².